The van der Waals surface area contributed by atoms with Gasteiger partial charge in [-0.3, -0.25) is 19.2 Å². The first kappa shape index (κ1) is 45.1. The molecule has 1 amide bonds. The molecule has 2 aromatic rings. The van der Waals surface area contributed by atoms with Crippen LogP contribution in [0.2, 0.25) is 0 Å². The number of phenols is 2. The Bertz CT molecular complexity index is 2610. The first-order chi connectivity index (χ1) is 29.7. The van der Waals surface area contributed by atoms with Gasteiger partial charge in [-0.25, -0.2) is 4.98 Å². The van der Waals surface area contributed by atoms with Gasteiger partial charge in [0.25, 0.3) is 11.7 Å². The van der Waals surface area contributed by atoms with E-state index in [0.29, 0.717) is 5.69 Å². The van der Waals surface area contributed by atoms with Crippen molar-refractivity contribution in [2.24, 2.45) is 29.6 Å². The van der Waals surface area contributed by atoms with Crippen molar-refractivity contribution in [1.29, 1.82) is 0 Å². The number of allylic oxidation sites excluding steroid dienone is 3. The topological polar surface area (TPSA) is 218 Å². The number of ether oxygens (including phenoxy) is 3. The summed E-state index contributed by atoms with van der Waals surface area (Å²) in [6, 6.07) is 3.29. The quantitative estimate of drug-likeness (QED) is 0.0761. The van der Waals surface area contributed by atoms with Crippen LogP contribution < -0.4 is 20.4 Å². The van der Waals surface area contributed by atoms with Crippen molar-refractivity contribution >= 4 is 50.9 Å². The van der Waals surface area contributed by atoms with Crippen LogP contribution in [-0.4, -0.2) is 80.3 Å². The number of carbonyl (C=O) groups is 3. The number of nitrogens with zero attached hydrogens (tertiary/aromatic N) is 2. The van der Waals surface area contributed by atoms with Crippen LogP contribution in [0, 0.1) is 36.5 Å². The van der Waals surface area contributed by atoms with Gasteiger partial charge in [0.2, 0.25) is 5.43 Å². The van der Waals surface area contributed by atoms with Gasteiger partial charge in [-0.15, -0.1) is 0 Å². The summed E-state index contributed by atoms with van der Waals surface area (Å²) in [5.41, 5.74) is -0.445. The zero-order chi connectivity index (χ0) is 45.8. The van der Waals surface area contributed by atoms with Crippen LogP contribution in [0.15, 0.2) is 57.5 Å². The lowest BCUT2D eigenvalue weighted by molar-refractivity contribution is -0.158. The number of phenolic OH excluding ortho intramolecular Hbond substituents is 2. The minimum atomic E-state index is -2.01. The molecule has 8 rings (SSSR count). The number of anilines is 2. The molecule has 5 N–H and O–H groups in total. The van der Waals surface area contributed by atoms with Gasteiger partial charge in [-0.05, 0) is 51.0 Å². The van der Waals surface area contributed by atoms with Crippen molar-refractivity contribution in [3.8, 4) is 28.7 Å². The highest BCUT2D eigenvalue weighted by Crippen LogP contribution is 2.51. The van der Waals surface area contributed by atoms with E-state index in [2.05, 4.69) is 10.2 Å². The van der Waals surface area contributed by atoms with Gasteiger partial charge in [-0.2, -0.15) is 0 Å². The van der Waals surface area contributed by atoms with Crippen molar-refractivity contribution in [3.63, 3.8) is 0 Å². The van der Waals surface area contributed by atoms with Crippen molar-refractivity contribution < 1.29 is 53.4 Å². The number of amides is 1. The Balaban J connectivity index is 1.45. The number of nitrogens with one attached hydrogen (secondary N) is 1. The van der Waals surface area contributed by atoms with Crippen LogP contribution in [0.4, 0.5) is 11.4 Å². The molecule has 5 aliphatic heterocycles. The zero-order valence-electron chi connectivity index (χ0n) is 37.1. The van der Waals surface area contributed by atoms with Gasteiger partial charge in [0.05, 0.1) is 29.4 Å². The number of hydrogen-bond acceptors (Lipinski definition) is 14. The Morgan fingerprint density at radius 3 is 2.30 bits per heavy atom. The summed E-state index contributed by atoms with van der Waals surface area (Å²) in [5.74, 6) is -7.54. The third-order valence-electron chi connectivity index (χ3n) is 13.3. The Labute approximate surface area is 365 Å². The second-order valence-electron chi connectivity index (χ2n) is 17.7. The van der Waals surface area contributed by atoms with Crippen LogP contribution >= 0.6 is 0 Å². The molecule has 0 radical (unpaired) electrons. The molecular formula is C48H57N3O12. The molecule has 5 bridgehead atoms. The van der Waals surface area contributed by atoms with E-state index in [-0.39, 0.29) is 73.1 Å². The maximum Gasteiger partial charge on any atom is 0.312 e. The normalized spacial score (nSPS) is 30.5. The van der Waals surface area contributed by atoms with Gasteiger partial charge in [0.15, 0.2) is 11.3 Å². The standard InChI is InChI=1S/C48H57N3O12/c1-22-16-19-60-48(9)46(58)35-33-34(41(56)28(7)44(35)63-48)42(57)38(45-37(33)49-36-31(53)20-30(21-32(36)62-45)51-17-11-10-12-18-51)50-47(59)24(3)15-13-14-23(2)39(54)26(5)40(55)27(6)43(25(22)4)61-29(8)52/h13-16,19-23,25-27,39-40,43,53-56H,10-12,17-18H2,1-9H3,(H,50,59)/b14-13+,19-16+,24-15-/t22-,23-,25+,26+,27+,39-,40+,43+,48-/m0/s1. The number of aromatic hydroxyl groups is 2. The predicted molar refractivity (Wildman–Crippen MR) is 237 cm³/mol. The molecule has 336 valence electrons. The minimum Gasteiger partial charge on any atom is -0.507 e. The number of carbonyl (C=O) groups excluding carboxylic acids is 3. The summed E-state index contributed by atoms with van der Waals surface area (Å²) >= 11 is 0. The van der Waals surface area contributed by atoms with Crippen molar-refractivity contribution in [2.45, 2.75) is 106 Å². The first-order valence-electron chi connectivity index (χ1n) is 21.6. The number of fused-ring (bicyclic) bond motifs is 14. The summed E-state index contributed by atoms with van der Waals surface area (Å²) in [5, 5.41) is 48.4. The number of aromatic nitrogens is 1. The molecule has 0 unspecified atom stereocenters. The molecule has 1 aliphatic carbocycles. The highest BCUT2D eigenvalue weighted by atomic mass is 16.7. The van der Waals surface area contributed by atoms with Gasteiger partial charge in [-0.1, -0.05) is 52.8 Å². The van der Waals surface area contributed by atoms with E-state index in [0.717, 1.165) is 32.4 Å². The second kappa shape index (κ2) is 17.3. The number of benzene rings is 3. The molecule has 63 heavy (non-hydrogen) atoms. The zero-order valence-corrected chi connectivity index (χ0v) is 37.1. The van der Waals surface area contributed by atoms with E-state index < -0.39 is 76.6 Å². The van der Waals surface area contributed by atoms with E-state index >= 15 is 0 Å². The van der Waals surface area contributed by atoms with Gasteiger partial charge >= 0.3 is 11.8 Å². The summed E-state index contributed by atoms with van der Waals surface area (Å²) in [6.07, 6.45) is 7.82. The third-order valence-corrected chi connectivity index (χ3v) is 13.3. The Hall–Kier alpha value is -5.93. The number of esters is 1. The average Bonchev–Trinajstić information content (AvgIpc) is 3.52. The number of Topliss-reactive ketones (excluding diaryl/α,β-unsaturated/α-hetero) is 1. The Morgan fingerprint density at radius 1 is 0.921 bits per heavy atom. The number of aliphatic hydroxyl groups is 2. The maximum absolute atomic E-state index is 14.8. The molecule has 1 fully saturated rings. The smallest absolute Gasteiger partial charge is 0.312 e. The lowest BCUT2D eigenvalue weighted by Crippen LogP contribution is -2.45. The number of hydrogen-bond donors (Lipinski definition) is 5. The molecule has 0 spiro atoms. The molecule has 0 aromatic heterocycles. The molecule has 9 atom stereocenters. The van der Waals surface area contributed by atoms with Crippen molar-refractivity contribution in [3.05, 3.63) is 69.6 Å². The van der Waals surface area contributed by atoms with Crippen LogP contribution in [0.25, 0.3) is 33.3 Å². The van der Waals surface area contributed by atoms with Gasteiger partial charge in [0.1, 0.15) is 40.3 Å². The van der Waals surface area contributed by atoms with E-state index in [1.165, 1.54) is 40.0 Å². The molecule has 5 heterocycles. The molecule has 6 aliphatic rings. The molecule has 2 aromatic carbocycles. The summed E-state index contributed by atoms with van der Waals surface area (Å²) in [7, 11) is 0. The fourth-order valence-electron chi connectivity index (χ4n) is 9.08. The largest absolute Gasteiger partial charge is 0.507 e. The number of ketones is 1. The summed E-state index contributed by atoms with van der Waals surface area (Å²) in [6.45, 7) is 16.2. The van der Waals surface area contributed by atoms with E-state index in [1.807, 2.05) is 13.8 Å². The molecule has 1 saturated heterocycles. The highest BCUT2D eigenvalue weighted by molar-refractivity contribution is 6.22. The molecule has 0 saturated carbocycles. The SMILES string of the molecule is CC(=O)O[C@H]1[C@H](C)[C@H](O)[C@H](C)[C@@H](O)[C@@H](C)/C=C/C=C(/C)C(=O)Nc2c3oc4cc(N5CCCCC5)cc(O)c4nc-3c3c4c(c(C)c(O)c3c2=O)O[C@](C)(O/C=C/[C@H](C)[C@H]1C)C4=O. The monoisotopic (exact) mass is 867 g/mol. The lowest BCUT2D eigenvalue weighted by atomic mass is 9.77. The van der Waals surface area contributed by atoms with Crippen LogP contribution in [-0.2, 0) is 19.1 Å². The van der Waals surface area contributed by atoms with Crippen LogP contribution in [0.1, 0.15) is 90.6 Å². The minimum absolute atomic E-state index is 0.0135. The second-order valence-corrected chi connectivity index (χ2v) is 17.7. The number of aliphatic hydroxyl groups excluding tert-OH is 2. The van der Waals surface area contributed by atoms with Gasteiger partial charge < -0.3 is 49.3 Å². The van der Waals surface area contributed by atoms with Gasteiger partial charge in [0, 0.05) is 79.0 Å². The first-order valence-corrected chi connectivity index (χ1v) is 21.6. The molecule has 15 nitrogen and oxygen atoms in total. The lowest BCUT2D eigenvalue weighted by Gasteiger charge is -2.37. The fraction of sp³-hybridized carbons (Fsp3) is 0.479. The van der Waals surface area contributed by atoms with E-state index in [9.17, 15) is 39.6 Å². The molecule has 15 heteroatoms. The highest BCUT2D eigenvalue weighted by Gasteiger charge is 2.50. The van der Waals surface area contributed by atoms with Crippen molar-refractivity contribution in [2.75, 3.05) is 23.3 Å². The fourth-order valence-corrected chi connectivity index (χ4v) is 9.08. The summed E-state index contributed by atoms with van der Waals surface area (Å²) < 4.78 is 24.6. The Morgan fingerprint density at radius 2 is 1.62 bits per heavy atom. The predicted octanol–water partition coefficient (Wildman–Crippen LogP) is 7.27. The maximum atomic E-state index is 14.8. The average molecular weight is 868 g/mol. The number of rotatable bonds is 2. The van der Waals surface area contributed by atoms with E-state index in [1.54, 1.807) is 51.1 Å². The summed E-state index contributed by atoms with van der Waals surface area (Å²) in [4.78, 5) is 62.7. The van der Waals surface area contributed by atoms with Crippen LogP contribution in [0.3, 0.4) is 0 Å². The van der Waals surface area contributed by atoms with Crippen molar-refractivity contribution in [1.82, 2.24) is 4.98 Å². The Kier molecular flexibility index (Phi) is 12.4. The van der Waals surface area contributed by atoms with Crippen LogP contribution in [0.5, 0.6) is 17.2 Å². The third kappa shape index (κ3) is 8.12. The molecular weight excluding hydrogens is 811 g/mol. The number of piperidine rings is 1. The van der Waals surface area contributed by atoms with E-state index in [4.69, 9.17) is 23.6 Å².